The third-order valence-electron chi connectivity index (χ3n) is 4.15. The highest BCUT2D eigenvalue weighted by Gasteiger charge is 2.31. The number of fused-ring (bicyclic) bond motifs is 1. The van der Waals surface area contributed by atoms with E-state index in [2.05, 4.69) is 11.0 Å². The number of hydrogen-bond donors (Lipinski definition) is 1. The molecule has 3 rings (SSSR count). The van der Waals surface area contributed by atoms with Gasteiger partial charge in [-0.1, -0.05) is 6.07 Å². The average molecular weight is 332 g/mol. The molecule has 5 nitrogen and oxygen atoms in total. The number of primary amides is 1. The molecule has 23 heavy (non-hydrogen) atoms. The Balaban J connectivity index is 2.10. The minimum atomic E-state index is -0.310. The molecule has 1 aliphatic heterocycles. The predicted molar refractivity (Wildman–Crippen MR) is 90.2 cm³/mol. The maximum atomic E-state index is 11.5. The fourth-order valence-corrected chi connectivity index (χ4v) is 4.02. The Hall–Kier alpha value is -2.05. The molecule has 0 saturated carbocycles. The van der Waals surface area contributed by atoms with Crippen LogP contribution in [0.1, 0.15) is 22.0 Å². The first-order chi connectivity index (χ1) is 11.1. The highest BCUT2D eigenvalue weighted by Crippen LogP contribution is 2.41. The molecular formula is C17H20N2O3S. The van der Waals surface area contributed by atoms with Gasteiger partial charge in [0.2, 0.25) is 5.91 Å². The first kappa shape index (κ1) is 15.8. The van der Waals surface area contributed by atoms with Crippen LogP contribution in [0.4, 0.5) is 0 Å². The third kappa shape index (κ3) is 3.04. The number of methoxy groups -OCH3 is 2. The van der Waals surface area contributed by atoms with Crippen LogP contribution in [0.5, 0.6) is 11.5 Å². The molecule has 1 aliphatic rings. The molecule has 0 spiro atoms. The Morgan fingerprint density at radius 1 is 1.35 bits per heavy atom. The highest BCUT2D eigenvalue weighted by molar-refractivity contribution is 7.10. The molecule has 1 aromatic carbocycles. The minimum Gasteiger partial charge on any atom is -0.493 e. The van der Waals surface area contributed by atoms with Gasteiger partial charge in [-0.25, -0.2) is 0 Å². The number of hydrogen-bond acceptors (Lipinski definition) is 5. The summed E-state index contributed by atoms with van der Waals surface area (Å²) in [6.07, 6.45) is 0.852. The molecule has 1 aromatic heterocycles. The Bertz CT molecular complexity index is 700. The van der Waals surface area contributed by atoms with E-state index in [9.17, 15) is 4.79 Å². The van der Waals surface area contributed by atoms with E-state index in [1.165, 1.54) is 10.4 Å². The van der Waals surface area contributed by atoms with Crippen LogP contribution in [0, 0.1) is 0 Å². The van der Waals surface area contributed by atoms with Crippen LogP contribution in [0.3, 0.4) is 0 Å². The summed E-state index contributed by atoms with van der Waals surface area (Å²) in [7, 11) is 3.28. The summed E-state index contributed by atoms with van der Waals surface area (Å²) in [6.45, 7) is 1.03. The van der Waals surface area contributed by atoms with Crippen LogP contribution in [0.2, 0.25) is 0 Å². The quantitative estimate of drug-likeness (QED) is 0.912. The Morgan fingerprint density at radius 3 is 2.70 bits per heavy atom. The molecule has 0 radical (unpaired) electrons. The Kier molecular flexibility index (Phi) is 4.54. The monoisotopic (exact) mass is 332 g/mol. The molecule has 0 saturated heterocycles. The summed E-state index contributed by atoms with van der Waals surface area (Å²) in [6, 6.07) is 8.19. The molecule has 1 unspecified atom stereocenters. The number of nitrogens with zero attached hydrogens (tertiary/aromatic N) is 1. The summed E-state index contributed by atoms with van der Waals surface area (Å²) < 4.78 is 10.9. The summed E-state index contributed by atoms with van der Waals surface area (Å²) >= 11 is 1.68. The fraction of sp³-hybridized carbons (Fsp3) is 0.353. The highest BCUT2D eigenvalue weighted by atomic mass is 32.1. The first-order valence-electron chi connectivity index (χ1n) is 7.44. The Labute approximate surface area is 139 Å². The van der Waals surface area contributed by atoms with Crippen LogP contribution in [0.15, 0.2) is 29.6 Å². The SMILES string of the molecule is COc1cc2c(cc1OC)C(c1cccs1)N(CC(N)=O)CC2. The van der Waals surface area contributed by atoms with Crippen LogP contribution in [-0.2, 0) is 11.2 Å². The molecule has 2 aromatic rings. The number of benzene rings is 1. The lowest BCUT2D eigenvalue weighted by molar-refractivity contribution is -0.119. The number of thiophene rings is 1. The first-order valence-corrected chi connectivity index (χ1v) is 8.32. The molecule has 2 heterocycles. The van der Waals surface area contributed by atoms with E-state index in [-0.39, 0.29) is 18.5 Å². The molecule has 0 bridgehead atoms. The second kappa shape index (κ2) is 6.60. The van der Waals surface area contributed by atoms with Crippen molar-refractivity contribution >= 4 is 17.2 Å². The number of amides is 1. The minimum absolute atomic E-state index is 0.0195. The van der Waals surface area contributed by atoms with Gasteiger partial charge in [0.05, 0.1) is 26.8 Å². The average Bonchev–Trinajstić information content (AvgIpc) is 3.06. The maximum Gasteiger partial charge on any atom is 0.231 e. The standard InChI is InChI=1S/C17H20N2O3S/c1-21-13-8-11-5-6-19(10-16(18)20)17(15-4-3-7-23-15)12(11)9-14(13)22-2/h3-4,7-9,17H,5-6,10H2,1-2H3,(H2,18,20). The lowest BCUT2D eigenvalue weighted by Crippen LogP contribution is -2.41. The van der Waals surface area contributed by atoms with Crippen molar-refractivity contribution in [1.82, 2.24) is 4.90 Å². The lowest BCUT2D eigenvalue weighted by Gasteiger charge is -2.36. The number of nitrogens with two attached hydrogens (primary N) is 1. The number of carbonyl (C=O) groups excluding carboxylic acids is 1. The zero-order chi connectivity index (χ0) is 16.4. The molecule has 2 N–H and O–H groups in total. The normalized spacial score (nSPS) is 17.6. The molecule has 1 atom stereocenters. The van der Waals surface area contributed by atoms with Crippen LogP contribution in [0.25, 0.3) is 0 Å². The second-order valence-corrected chi connectivity index (χ2v) is 6.49. The van der Waals surface area contributed by atoms with Crippen molar-refractivity contribution in [3.05, 3.63) is 45.6 Å². The van der Waals surface area contributed by atoms with Gasteiger partial charge >= 0.3 is 0 Å². The topological polar surface area (TPSA) is 64.8 Å². The van der Waals surface area contributed by atoms with Crippen LogP contribution < -0.4 is 15.2 Å². The molecule has 0 aliphatic carbocycles. The van der Waals surface area contributed by atoms with Crippen molar-refractivity contribution in [3.8, 4) is 11.5 Å². The van der Waals surface area contributed by atoms with Gasteiger partial charge in [0.1, 0.15) is 0 Å². The molecule has 6 heteroatoms. The van der Waals surface area contributed by atoms with E-state index in [0.29, 0.717) is 5.75 Å². The van der Waals surface area contributed by atoms with Crippen molar-refractivity contribution in [1.29, 1.82) is 0 Å². The zero-order valence-corrected chi connectivity index (χ0v) is 14.1. The molecular weight excluding hydrogens is 312 g/mol. The number of rotatable bonds is 5. The summed E-state index contributed by atoms with van der Waals surface area (Å²) in [5.41, 5.74) is 7.81. The maximum absolute atomic E-state index is 11.5. The smallest absolute Gasteiger partial charge is 0.231 e. The van der Waals surface area contributed by atoms with Gasteiger partial charge in [-0.3, -0.25) is 9.69 Å². The molecule has 1 amide bonds. The van der Waals surface area contributed by atoms with Crippen molar-refractivity contribution < 1.29 is 14.3 Å². The van der Waals surface area contributed by atoms with Gasteiger partial charge in [-0.05, 0) is 41.1 Å². The van der Waals surface area contributed by atoms with Gasteiger partial charge in [0.25, 0.3) is 0 Å². The van der Waals surface area contributed by atoms with Crippen molar-refractivity contribution in [2.45, 2.75) is 12.5 Å². The van der Waals surface area contributed by atoms with Crippen molar-refractivity contribution in [2.75, 3.05) is 27.3 Å². The third-order valence-corrected chi connectivity index (χ3v) is 5.07. The van der Waals surface area contributed by atoms with Crippen LogP contribution >= 0.6 is 11.3 Å². The summed E-state index contributed by atoms with van der Waals surface area (Å²) in [5.74, 6) is 1.13. The van der Waals surface area contributed by atoms with Gasteiger partial charge in [-0.15, -0.1) is 11.3 Å². The molecule has 122 valence electrons. The zero-order valence-electron chi connectivity index (χ0n) is 13.2. The van der Waals surface area contributed by atoms with Crippen molar-refractivity contribution in [3.63, 3.8) is 0 Å². The predicted octanol–water partition coefficient (Wildman–Crippen LogP) is 2.20. The largest absolute Gasteiger partial charge is 0.493 e. The number of ether oxygens (including phenoxy) is 2. The van der Waals surface area contributed by atoms with Gasteiger partial charge in [-0.2, -0.15) is 0 Å². The van der Waals surface area contributed by atoms with E-state index in [1.807, 2.05) is 23.6 Å². The second-order valence-electron chi connectivity index (χ2n) is 5.51. The summed E-state index contributed by atoms with van der Waals surface area (Å²) in [4.78, 5) is 14.8. The van der Waals surface area contributed by atoms with E-state index in [0.717, 1.165) is 24.3 Å². The molecule has 0 fully saturated rings. The van der Waals surface area contributed by atoms with Gasteiger partial charge in [0.15, 0.2) is 11.5 Å². The van der Waals surface area contributed by atoms with E-state index >= 15 is 0 Å². The van der Waals surface area contributed by atoms with E-state index in [4.69, 9.17) is 15.2 Å². The van der Waals surface area contributed by atoms with E-state index in [1.54, 1.807) is 25.6 Å². The van der Waals surface area contributed by atoms with Gasteiger partial charge < -0.3 is 15.2 Å². The van der Waals surface area contributed by atoms with Crippen molar-refractivity contribution in [2.24, 2.45) is 5.73 Å². The van der Waals surface area contributed by atoms with Gasteiger partial charge in [0, 0.05) is 11.4 Å². The van der Waals surface area contributed by atoms with Crippen LogP contribution in [-0.4, -0.2) is 38.1 Å². The fourth-order valence-electron chi connectivity index (χ4n) is 3.15. The Morgan fingerprint density at radius 2 is 2.09 bits per heavy atom. The lowest BCUT2D eigenvalue weighted by atomic mass is 9.91. The summed E-state index contributed by atoms with van der Waals surface area (Å²) in [5, 5.41) is 2.05. The van der Waals surface area contributed by atoms with E-state index < -0.39 is 0 Å². The number of carbonyl (C=O) groups is 1.